The predicted molar refractivity (Wildman–Crippen MR) is 127 cm³/mol. The van der Waals surface area contributed by atoms with Gasteiger partial charge in [0.15, 0.2) is 0 Å². The zero-order chi connectivity index (χ0) is 22.8. The highest BCUT2D eigenvalue weighted by molar-refractivity contribution is 5.31. The van der Waals surface area contributed by atoms with Crippen molar-refractivity contribution in [2.75, 3.05) is 92.8 Å². The van der Waals surface area contributed by atoms with Crippen molar-refractivity contribution in [3.8, 4) is 11.5 Å². The van der Waals surface area contributed by atoms with Gasteiger partial charge in [0.1, 0.15) is 24.7 Å². The molecule has 2 saturated heterocycles. The first-order valence-electron chi connectivity index (χ1n) is 12.0. The molecule has 2 heterocycles. The zero-order valence-electron chi connectivity index (χ0n) is 19.9. The van der Waals surface area contributed by atoms with Gasteiger partial charge < -0.3 is 39.3 Å². The molecule has 0 bridgehead atoms. The summed E-state index contributed by atoms with van der Waals surface area (Å²) in [6.45, 7) is 11.0. The molecular weight excluding hydrogens is 408 g/mol. The number of piperazine rings is 2. The molecule has 0 spiro atoms. The van der Waals surface area contributed by atoms with Crippen molar-refractivity contribution in [1.82, 2.24) is 19.6 Å². The fourth-order valence-corrected chi connectivity index (χ4v) is 3.99. The van der Waals surface area contributed by atoms with Crippen LogP contribution >= 0.6 is 0 Å². The van der Waals surface area contributed by atoms with Crippen LogP contribution in [0.1, 0.15) is 12.8 Å². The molecule has 2 fully saturated rings. The van der Waals surface area contributed by atoms with Crippen LogP contribution in [0, 0.1) is 0 Å². The highest BCUT2D eigenvalue weighted by atomic mass is 16.5. The molecule has 0 unspecified atom stereocenters. The number of benzene rings is 1. The quantitative estimate of drug-likeness (QED) is 0.476. The van der Waals surface area contributed by atoms with E-state index in [1.54, 1.807) is 0 Å². The number of rotatable bonds is 12. The Morgan fingerprint density at radius 3 is 1.34 bits per heavy atom. The molecule has 0 saturated carbocycles. The summed E-state index contributed by atoms with van der Waals surface area (Å²) in [6, 6.07) is 7.39. The van der Waals surface area contributed by atoms with Crippen molar-refractivity contribution in [3.05, 3.63) is 24.3 Å². The van der Waals surface area contributed by atoms with Gasteiger partial charge in [-0.25, -0.2) is 0 Å². The van der Waals surface area contributed by atoms with Gasteiger partial charge in [-0.05, 0) is 51.2 Å². The minimum Gasteiger partial charge on any atom is -0.491 e. The van der Waals surface area contributed by atoms with Crippen LogP contribution in [0.5, 0.6) is 11.5 Å². The van der Waals surface area contributed by atoms with Gasteiger partial charge in [0.2, 0.25) is 0 Å². The normalized spacial score (nSPS) is 21.4. The first kappa shape index (κ1) is 25.2. The van der Waals surface area contributed by atoms with E-state index in [9.17, 15) is 10.2 Å². The maximum absolute atomic E-state index is 10.2. The molecule has 32 heavy (non-hydrogen) atoms. The van der Waals surface area contributed by atoms with Crippen LogP contribution in [0.4, 0.5) is 0 Å². The number of aliphatic hydroxyl groups excluding tert-OH is 2. The molecule has 0 aromatic heterocycles. The molecular formula is C24H42N4O4. The minimum atomic E-state index is -0.471. The van der Waals surface area contributed by atoms with E-state index >= 15 is 0 Å². The van der Waals surface area contributed by atoms with Gasteiger partial charge in [-0.1, -0.05) is 0 Å². The fourth-order valence-electron chi connectivity index (χ4n) is 3.99. The van der Waals surface area contributed by atoms with Crippen LogP contribution in [0.25, 0.3) is 0 Å². The average molecular weight is 451 g/mol. The Kier molecular flexibility index (Phi) is 10.5. The Hall–Kier alpha value is -1.42. The molecule has 8 nitrogen and oxygen atoms in total. The van der Waals surface area contributed by atoms with E-state index in [1.165, 1.54) is 0 Å². The number of likely N-dealkylation sites (N-methyl/N-ethyl adjacent to an activating group) is 2. The third-order valence-electron chi connectivity index (χ3n) is 6.46. The van der Waals surface area contributed by atoms with E-state index in [2.05, 4.69) is 33.7 Å². The number of hydrogen-bond acceptors (Lipinski definition) is 8. The summed E-state index contributed by atoms with van der Waals surface area (Å²) in [5, 5.41) is 20.5. The summed E-state index contributed by atoms with van der Waals surface area (Å²) >= 11 is 0. The number of ether oxygens (including phenoxy) is 2. The van der Waals surface area contributed by atoms with E-state index in [1.807, 2.05) is 24.3 Å². The maximum atomic E-state index is 10.2. The first-order valence-corrected chi connectivity index (χ1v) is 12.0. The summed E-state index contributed by atoms with van der Waals surface area (Å²) in [4.78, 5) is 9.46. The van der Waals surface area contributed by atoms with Crippen LogP contribution < -0.4 is 9.47 Å². The van der Waals surface area contributed by atoms with E-state index < -0.39 is 12.2 Å². The first-order chi connectivity index (χ1) is 15.5. The topological polar surface area (TPSA) is 71.9 Å². The fraction of sp³-hybridized carbons (Fsp3) is 0.750. The Morgan fingerprint density at radius 1 is 0.656 bits per heavy atom. The lowest BCUT2D eigenvalue weighted by Crippen LogP contribution is -2.45. The Labute approximate surface area is 193 Å². The highest BCUT2D eigenvalue weighted by Gasteiger charge is 2.16. The number of aliphatic hydroxyl groups is 2. The van der Waals surface area contributed by atoms with E-state index in [-0.39, 0.29) is 0 Å². The van der Waals surface area contributed by atoms with Crippen LogP contribution in [0.2, 0.25) is 0 Å². The smallest absolute Gasteiger partial charge is 0.119 e. The molecule has 2 aliphatic heterocycles. The van der Waals surface area contributed by atoms with Gasteiger partial charge in [-0.2, -0.15) is 0 Å². The molecule has 0 aliphatic carbocycles. The third-order valence-corrected chi connectivity index (χ3v) is 6.46. The predicted octanol–water partition coefficient (Wildman–Crippen LogP) is 0.441. The molecule has 2 N–H and O–H groups in total. The maximum Gasteiger partial charge on any atom is 0.119 e. The standard InChI is InChI=1S/C24H42N4O4/c1-25-11-15-27(16-12-25)9-7-21(29)19-31-23-3-5-24(6-4-23)32-20-22(30)8-10-28-17-13-26(2)14-18-28/h3-6,21-22,29-30H,7-20H2,1-2H3/t21-,22-/m0/s1. The van der Waals surface area contributed by atoms with Crippen molar-refractivity contribution in [2.45, 2.75) is 25.0 Å². The van der Waals surface area contributed by atoms with Gasteiger partial charge in [0.25, 0.3) is 0 Å². The van der Waals surface area contributed by atoms with E-state index in [0.29, 0.717) is 24.7 Å². The van der Waals surface area contributed by atoms with Gasteiger partial charge in [0, 0.05) is 65.4 Å². The van der Waals surface area contributed by atoms with E-state index in [4.69, 9.17) is 9.47 Å². The summed E-state index contributed by atoms with van der Waals surface area (Å²) < 4.78 is 11.5. The molecule has 2 atom stereocenters. The van der Waals surface area contributed by atoms with Crippen molar-refractivity contribution >= 4 is 0 Å². The molecule has 2 aliphatic rings. The molecule has 1 aromatic rings. The van der Waals surface area contributed by atoms with Crippen molar-refractivity contribution in [1.29, 1.82) is 0 Å². The zero-order valence-corrected chi connectivity index (χ0v) is 19.9. The Bertz CT molecular complexity index is 576. The van der Waals surface area contributed by atoms with Crippen molar-refractivity contribution in [3.63, 3.8) is 0 Å². The van der Waals surface area contributed by atoms with Gasteiger partial charge >= 0.3 is 0 Å². The molecule has 3 rings (SSSR count). The second-order valence-corrected chi connectivity index (χ2v) is 9.27. The minimum absolute atomic E-state index is 0.291. The van der Waals surface area contributed by atoms with Gasteiger partial charge in [-0.3, -0.25) is 0 Å². The SMILES string of the molecule is CN1CCN(CC[C@H](O)COc2ccc(OC[C@@H](O)CCN3CCN(C)CC3)cc2)CC1. The summed E-state index contributed by atoms with van der Waals surface area (Å²) in [7, 11) is 4.29. The third kappa shape index (κ3) is 9.21. The van der Waals surface area contributed by atoms with Crippen LogP contribution in [0.3, 0.4) is 0 Å². The van der Waals surface area contributed by atoms with Gasteiger partial charge in [-0.15, -0.1) is 0 Å². The molecule has 0 radical (unpaired) electrons. The van der Waals surface area contributed by atoms with Gasteiger partial charge in [0.05, 0.1) is 12.2 Å². The van der Waals surface area contributed by atoms with Crippen LogP contribution in [0.15, 0.2) is 24.3 Å². The average Bonchev–Trinajstić information content (AvgIpc) is 2.81. The Morgan fingerprint density at radius 2 is 1.00 bits per heavy atom. The summed E-state index contributed by atoms with van der Waals surface area (Å²) in [6.07, 6.45) is 0.496. The number of nitrogens with zero attached hydrogens (tertiary/aromatic N) is 4. The van der Waals surface area contributed by atoms with E-state index in [0.717, 1.165) is 78.3 Å². The van der Waals surface area contributed by atoms with Crippen LogP contribution in [-0.4, -0.2) is 135 Å². The summed E-state index contributed by atoms with van der Waals surface area (Å²) in [5.74, 6) is 1.43. The molecule has 182 valence electrons. The lowest BCUT2D eigenvalue weighted by molar-refractivity contribution is 0.0761. The number of hydrogen-bond donors (Lipinski definition) is 2. The molecule has 1 aromatic carbocycles. The second-order valence-electron chi connectivity index (χ2n) is 9.27. The van der Waals surface area contributed by atoms with Crippen LogP contribution in [-0.2, 0) is 0 Å². The monoisotopic (exact) mass is 450 g/mol. The second kappa shape index (κ2) is 13.3. The lowest BCUT2D eigenvalue weighted by atomic mass is 10.2. The largest absolute Gasteiger partial charge is 0.491 e. The molecule has 0 amide bonds. The van der Waals surface area contributed by atoms with Crippen molar-refractivity contribution in [2.24, 2.45) is 0 Å². The summed E-state index contributed by atoms with van der Waals surface area (Å²) in [5.41, 5.74) is 0. The Balaban J connectivity index is 1.26. The lowest BCUT2D eigenvalue weighted by Gasteiger charge is -2.32. The van der Waals surface area contributed by atoms with Crippen molar-refractivity contribution < 1.29 is 19.7 Å². The molecule has 8 heteroatoms. The highest BCUT2D eigenvalue weighted by Crippen LogP contribution is 2.18.